The lowest BCUT2D eigenvalue weighted by Crippen LogP contribution is -2.31. The lowest BCUT2D eigenvalue weighted by Gasteiger charge is -2.17. The molecule has 7 heteroatoms. The van der Waals surface area contributed by atoms with E-state index in [0.717, 1.165) is 0 Å². The number of hydrogen-bond donors (Lipinski definition) is 1. The van der Waals surface area contributed by atoms with Crippen molar-refractivity contribution in [2.24, 2.45) is 0 Å². The summed E-state index contributed by atoms with van der Waals surface area (Å²) >= 11 is 0. The Balaban J connectivity index is 2.01. The Morgan fingerprint density at radius 1 is 1.12 bits per heavy atom. The van der Waals surface area contributed by atoms with Gasteiger partial charge in [-0.2, -0.15) is 0 Å². The maximum absolute atomic E-state index is 12.5. The van der Waals surface area contributed by atoms with Crippen molar-refractivity contribution in [1.29, 1.82) is 0 Å². The fourth-order valence-corrected chi connectivity index (χ4v) is 2.65. The third kappa shape index (κ3) is 3.25. The lowest BCUT2D eigenvalue weighted by molar-refractivity contribution is -0.384. The number of amides is 1. The normalized spacial score (nSPS) is 11.9. The van der Waals surface area contributed by atoms with E-state index in [1.807, 2.05) is 6.07 Å². The van der Waals surface area contributed by atoms with Gasteiger partial charge in [0.25, 0.3) is 11.2 Å². The van der Waals surface area contributed by atoms with Crippen LogP contribution in [0.5, 0.6) is 0 Å². The first-order valence-electron chi connectivity index (χ1n) is 7.63. The van der Waals surface area contributed by atoms with Crippen molar-refractivity contribution in [3.63, 3.8) is 0 Å². The third-order valence-corrected chi connectivity index (χ3v) is 3.93. The summed E-state index contributed by atoms with van der Waals surface area (Å²) in [5.74, 6) is -0.348. The molecule has 0 saturated carbocycles. The first-order chi connectivity index (χ1) is 12.0. The van der Waals surface area contributed by atoms with E-state index in [2.05, 4.69) is 5.32 Å². The minimum absolute atomic E-state index is 0.0703. The highest BCUT2D eigenvalue weighted by Gasteiger charge is 2.19. The Labute approximate surface area is 142 Å². The van der Waals surface area contributed by atoms with Crippen molar-refractivity contribution in [3.8, 4) is 0 Å². The molecule has 0 spiro atoms. The number of fused-ring (bicyclic) bond motifs is 1. The van der Waals surface area contributed by atoms with E-state index in [-0.39, 0.29) is 17.2 Å². The molecule has 126 valence electrons. The molecule has 0 saturated heterocycles. The number of rotatable bonds is 4. The largest absolute Gasteiger partial charge is 0.324 e. The fraction of sp³-hybridized carbons (Fsp3) is 0.111. The number of carbonyl (C=O) groups excluding carboxylic acids is 1. The van der Waals surface area contributed by atoms with E-state index < -0.39 is 11.0 Å². The predicted molar refractivity (Wildman–Crippen MR) is 94.6 cm³/mol. The highest BCUT2D eigenvalue weighted by Crippen LogP contribution is 2.22. The number of carbonyl (C=O) groups is 1. The maximum atomic E-state index is 12.5. The maximum Gasteiger partial charge on any atom is 0.270 e. The monoisotopic (exact) mass is 337 g/mol. The van der Waals surface area contributed by atoms with E-state index in [4.69, 9.17) is 0 Å². The zero-order valence-electron chi connectivity index (χ0n) is 13.4. The molecule has 7 nitrogen and oxygen atoms in total. The number of anilines is 1. The minimum Gasteiger partial charge on any atom is -0.324 e. The zero-order valence-corrected chi connectivity index (χ0v) is 13.4. The van der Waals surface area contributed by atoms with E-state index in [1.165, 1.54) is 34.9 Å². The molecule has 0 aliphatic heterocycles. The topological polar surface area (TPSA) is 94.2 Å². The molecule has 3 aromatic rings. The highest BCUT2D eigenvalue weighted by molar-refractivity contribution is 5.94. The molecule has 2 aromatic carbocycles. The van der Waals surface area contributed by atoms with Gasteiger partial charge in [0, 0.05) is 29.3 Å². The SMILES string of the molecule is CC(C(=O)Nc1ccccc1)n1c(=O)ccc2cc([N+](=O)[O-])ccc21. The zero-order chi connectivity index (χ0) is 18.0. The number of para-hydroxylation sites is 1. The van der Waals surface area contributed by atoms with E-state index >= 15 is 0 Å². The first-order valence-corrected chi connectivity index (χ1v) is 7.63. The Bertz CT molecular complexity index is 1010. The second-order valence-corrected chi connectivity index (χ2v) is 5.57. The molecule has 1 amide bonds. The van der Waals surface area contributed by atoms with Crippen LogP contribution in [0.3, 0.4) is 0 Å². The summed E-state index contributed by atoms with van der Waals surface area (Å²) in [5, 5.41) is 14.2. The number of hydrogen-bond acceptors (Lipinski definition) is 4. The summed E-state index contributed by atoms with van der Waals surface area (Å²) in [5.41, 5.74) is 0.674. The van der Waals surface area contributed by atoms with Crippen molar-refractivity contribution in [3.05, 3.63) is 81.1 Å². The second kappa shape index (κ2) is 6.56. The van der Waals surface area contributed by atoms with Crippen LogP contribution in [0.2, 0.25) is 0 Å². The van der Waals surface area contributed by atoms with Crippen molar-refractivity contribution in [1.82, 2.24) is 4.57 Å². The van der Waals surface area contributed by atoms with Crippen LogP contribution in [0, 0.1) is 10.1 Å². The van der Waals surface area contributed by atoms with Crippen molar-refractivity contribution >= 4 is 28.2 Å². The van der Waals surface area contributed by atoms with E-state index in [0.29, 0.717) is 16.6 Å². The van der Waals surface area contributed by atoms with Crippen LogP contribution in [-0.2, 0) is 4.79 Å². The van der Waals surface area contributed by atoms with Crippen LogP contribution in [-0.4, -0.2) is 15.4 Å². The van der Waals surface area contributed by atoms with Gasteiger partial charge in [-0.3, -0.25) is 24.3 Å². The van der Waals surface area contributed by atoms with Gasteiger partial charge in [-0.1, -0.05) is 18.2 Å². The molecular formula is C18H15N3O4. The van der Waals surface area contributed by atoms with Gasteiger partial charge in [-0.05, 0) is 31.2 Å². The smallest absolute Gasteiger partial charge is 0.270 e. The molecule has 1 N–H and O–H groups in total. The van der Waals surface area contributed by atoms with Crippen molar-refractivity contribution < 1.29 is 9.72 Å². The molecule has 1 aromatic heterocycles. The summed E-state index contributed by atoms with van der Waals surface area (Å²) in [4.78, 5) is 35.2. The number of nitro benzene ring substituents is 1. The molecule has 0 radical (unpaired) electrons. The van der Waals surface area contributed by atoms with Crippen LogP contribution in [0.1, 0.15) is 13.0 Å². The van der Waals surface area contributed by atoms with Crippen molar-refractivity contribution in [2.75, 3.05) is 5.32 Å². The number of benzene rings is 2. The number of nitrogens with one attached hydrogen (secondary N) is 1. The van der Waals surface area contributed by atoms with Crippen LogP contribution >= 0.6 is 0 Å². The minimum atomic E-state index is -0.780. The molecule has 1 unspecified atom stereocenters. The predicted octanol–water partition coefficient (Wildman–Crippen LogP) is 3.11. The lowest BCUT2D eigenvalue weighted by atomic mass is 10.1. The molecule has 1 heterocycles. The summed E-state index contributed by atoms with van der Waals surface area (Å²) in [6.45, 7) is 1.61. The van der Waals surface area contributed by atoms with Crippen molar-refractivity contribution in [2.45, 2.75) is 13.0 Å². The molecular weight excluding hydrogens is 322 g/mol. The van der Waals surface area contributed by atoms with Gasteiger partial charge >= 0.3 is 0 Å². The summed E-state index contributed by atoms with van der Waals surface area (Å²) in [6.07, 6.45) is 0. The Morgan fingerprint density at radius 2 is 1.84 bits per heavy atom. The van der Waals surface area contributed by atoms with E-state index in [1.54, 1.807) is 31.2 Å². The fourth-order valence-electron chi connectivity index (χ4n) is 2.65. The number of aromatic nitrogens is 1. The number of nitrogens with zero attached hydrogens (tertiary/aromatic N) is 2. The quantitative estimate of drug-likeness (QED) is 0.584. The summed E-state index contributed by atoms with van der Waals surface area (Å²) < 4.78 is 1.33. The molecule has 0 aliphatic carbocycles. The number of non-ortho nitro benzene ring substituents is 1. The first kappa shape index (κ1) is 16.4. The highest BCUT2D eigenvalue weighted by atomic mass is 16.6. The number of nitro groups is 1. The van der Waals surface area contributed by atoms with Gasteiger partial charge in [0.1, 0.15) is 6.04 Å². The Hall–Kier alpha value is -3.48. The van der Waals surface area contributed by atoms with Crippen LogP contribution in [0.4, 0.5) is 11.4 Å². The van der Waals surface area contributed by atoms with E-state index in [9.17, 15) is 19.7 Å². The molecule has 0 bridgehead atoms. The van der Waals surface area contributed by atoms with Crippen LogP contribution in [0.25, 0.3) is 10.9 Å². The van der Waals surface area contributed by atoms with Gasteiger partial charge in [0.2, 0.25) is 5.91 Å². The molecule has 0 fully saturated rings. The van der Waals surface area contributed by atoms with Crippen LogP contribution < -0.4 is 10.9 Å². The Kier molecular flexibility index (Phi) is 4.30. The van der Waals surface area contributed by atoms with Gasteiger partial charge in [-0.25, -0.2) is 0 Å². The average Bonchev–Trinajstić information content (AvgIpc) is 2.61. The Morgan fingerprint density at radius 3 is 2.52 bits per heavy atom. The van der Waals surface area contributed by atoms with Crippen LogP contribution in [0.15, 0.2) is 65.5 Å². The molecule has 1 atom stereocenters. The third-order valence-electron chi connectivity index (χ3n) is 3.93. The van der Waals surface area contributed by atoms with Gasteiger partial charge in [0.15, 0.2) is 0 Å². The molecule has 25 heavy (non-hydrogen) atoms. The average molecular weight is 337 g/mol. The second-order valence-electron chi connectivity index (χ2n) is 5.57. The molecule has 0 aliphatic rings. The van der Waals surface area contributed by atoms with Gasteiger partial charge < -0.3 is 5.32 Å². The van der Waals surface area contributed by atoms with Gasteiger partial charge in [0.05, 0.1) is 10.4 Å². The summed E-state index contributed by atoms with van der Waals surface area (Å²) in [6, 6.07) is 15.2. The number of pyridine rings is 1. The van der Waals surface area contributed by atoms with Gasteiger partial charge in [-0.15, -0.1) is 0 Å². The molecule has 3 rings (SSSR count). The standard InChI is InChI=1S/C18H15N3O4/c1-12(18(23)19-14-5-3-2-4-6-14)20-16-9-8-15(21(24)25)11-13(16)7-10-17(20)22/h2-12H,1H3,(H,19,23). The summed E-state index contributed by atoms with van der Waals surface area (Å²) in [7, 11) is 0.